The lowest BCUT2D eigenvalue weighted by atomic mass is 10.2. The summed E-state index contributed by atoms with van der Waals surface area (Å²) in [6, 6.07) is 0. The van der Waals surface area contributed by atoms with Crippen molar-refractivity contribution in [1.29, 1.82) is 0 Å². The number of fused-ring (bicyclic) bond motifs is 1. The molecule has 0 radical (unpaired) electrons. The molecule has 0 amide bonds. The van der Waals surface area contributed by atoms with Crippen molar-refractivity contribution >= 4 is 23.5 Å². The monoisotopic (exact) mass is 290 g/mol. The summed E-state index contributed by atoms with van der Waals surface area (Å²) in [5.41, 5.74) is 0. The average molecular weight is 290 g/mol. The Hall–Kier alpha value is -1.48. The van der Waals surface area contributed by atoms with Gasteiger partial charge in [0.25, 0.3) is 0 Å². The van der Waals surface area contributed by atoms with Gasteiger partial charge in [-0.25, -0.2) is 0 Å². The highest BCUT2D eigenvalue weighted by Crippen LogP contribution is 2.45. The first-order valence-corrected chi connectivity index (χ1v) is 7.97. The van der Waals surface area contributed by atoms with Crippen molar-refractivity contribution in [3.8, 4) is 11.5 Å². The molecule has 2 rings (SSSR count). The Balaban J connectivity index is 2.28. The summed E-state index contributed by atoms with van der Waals surface area (Å²) in [6.07, 6.45) is 13.7. The third-order valence-electron chi connectivity index (χ3n) is 2.81. The molecule has 3 heteroatoms. The van der Waals surface area contributed by atoms with Gasteiger partial charge in [-0.1, -0.05) is 45.1 Å². The summed E-state index contributed by atoms with van der Waals surface area (Å²) in [6.45, 7) is 7.73. The standard InChI is InChI=1S/C17H22O2S/c1-4-5-6-7-8-14-16-17(19-12-11-18-16)15(20-14)10-9-13(2)3/h5-10,13H,4,11-12H2,1-3H3/b6-5+,8-7+,10-9+. The third kappa shape index (κ3) is 3.76. The molecule has 2 nitrogen and oxygen atoms in total. The Kier molecular flexibility index (Phi) is 5.48. The summed E-state index contributed by atoms with van der Waals surface area (Å²) >= 11 is 1.72. The number of ether oxygens (including phenoxy) is 2. The van der Waals surface area contributed by atoms with E-state index in [1.165, 1.54) is 0 Å². The molecular weight excluding hydrogens is 268 g/mol. The fourth-order valence-corrected chi connectivity index (χ4v) is 2.87. The molecule has 1 aliphatic heterocycles. The van der Waals surface area contributed by atoms with E-state index in [1.54, 1.807) is 11.3 Å². The first kappa shape index (κ1) is 14.9. The Labute approximate surface area is 125 Å². The van der Waals surface area contributed by atoms with Gasteiger partial charge in [-0.2, -0.15) is 0 Å². The molecule has 1 aliphatic rings. The lowest BCUT2D eigenvalue weighted by molar-refractivity contribution is 0.173. The van der Waals surface area contributed by atoms with Crippen LogP contribution in [0.25, 0.3) is 12.2 Å². The first-order valence-electron chi connectivity index (χ1n) is 7.16. The smallest absolute Gasteiger partial charge is 0.180 e. The van der Waals surface area contributed by atoms with Crippen LogP contribution in [0, 0.1) is 5.92 Å². The van der Waals surface area contributed by atoms with Gasteiger partial charge in [-0.3, -0.25) is 0 Å². The zero-order valence-electron chi connectivity index (χ0n) is 12.4. The third-order valence-corrected chi connectivity index (χ3v) is 3.90. The molecule has 2 heterocycles. The largest absolute Gasteiger partial charge is 0.485 e. The van der Waals surface area contributed by atoms with Crippen LogP contribution >= 0.6 is 11.3 Å². The number of thiophene rings is 1. The van der Waals surface area contributed by atoms with Crippen LogP contribution in [0.4, 0.5) is 0 Å². The van der Waals surface area contributed by atoms with E-state index in [9.17, 15) is 0 Å². The molecule has 0 atom stereocenters. The summed E-state index contributed by atoms with van der Waals surface area (Å²) in [5.74, 6) is 2.33. The Bertz CT molecular complexity index is 521. The fourth-order valence-electron chi connectivity index (χ4n) is 1.85. The van der Waals surface area contributed by atoms with Crippen molar-refractivity contribution in [3.05, 3.63) is 34.1 Å². The van der Waals surface area contributed by atoms with Crippen LogP contribution in [-0.4, -0.2) is 13.2 Å². The minimum Gasteiger partial charge on any atom is -0.485 e. The van der Waals surface area contributed by atoms with E-state index < -0.39 is 0 Å². The molecule has 0 fully saturated rings. The summed E-state index contributed by atoms with van der Waals surface area (Å²) < 4.78 is 11.6. The highest BCUT2D eigenvalue weighted by atomic mass is 32.1. The van der Waals surface area contributed by atoms with Crippen molar-refractivity contribution < 1.29 is 9.47 Å². The highest BCUT2D eigenvalue weighted by molar-refractivity contribution is 7.14. The Morgan fingerprint density at radius 1 is 1.05 bits per heavy atom. The van der Waals surface area contributed by atoms with E-state index in [-0.39, 0.29) is 0 Å². The van der Waals surface area contributed by atoms with Crippen molar-refractivity contribution in [2.24, 2.45) is 5.92 Å². The van der Waals surface area contributed by atoms with Crippen molar-refractivity contribution in [2.45, 2.75) is 27.2 Å². The molecule has 1 aromatic rings. The van der Waals surface area contributed by atoms with Crippen LogP contribution in [-0.2, 0) is 0 Å². The van der Waals surface area contributed by atoms with E-state index in [1.807, 2.05) is 0 Å². The Morgan fingerprint density at radius 3 is 2.30 bits per heavy atom. The normalized spacial score (nSPS) is 15.2. The molecule has 20 heavy (non-hydrogen) atoms. The SMILES string of the molecule is CC/C=C/C=C/c1sc(/C=C/C(C)C)c2c1OCCO2. The van der Waals surface area contributed by atoms with Crippen LogP contribution in [0.2, 0.25) is 0 Å². The molecule has 0 aromatic carbocycles. The van der Waals surface area contributed by atoms with Gasteiger partial charge in [0.15, 0.2) is 11.5 Å². The zero-order chi connectivity index (χ0) is 14.4. The van der Waals surface area contributed by atoms with Crippen LogP contribution in [0.1, 0.15) is 36.9 Å². The van der Waals surface area contributed by atoms with Gasteiger partial charge in [0.2, 0.25) is 0 Å². The predicted octanol–water partition coefficient (Wildman–Crippen LogP) is 5.17. The van der Waals surface area contributed by atoms with Crippen molar-refractivity contribution in [2.75, 3.05) is 13.2 Å². The number of hydrogen-bond donors (Lipinski definition) is 0. The second-order valence-electron chi connectivity index (χ2n) is 4.98. The summed E-state index contributed by atoms with van der Waals surface area (Å²) in [4.78, 5) is 2.27. The lowest BCUT2D eigenvalue weighted by Crippen LogP contribution is -2.14. The van der Waals surface area contributed by atoms with Crippen molar-refractivity contribution in [1.82, 2.24) is 0 Å². The topological polar surface area (TPSA) is 18.5 Å². The molecule has 0 spiro atoms. The van der Waals surface area contributed by atoms with E-state index >= 15 is 0 Å². The van der Waals surface area contributed by atoms with Gasteiger partial charge in [0.05, 0.1) is 9.75 Å². The zero-order valence-corrected chi connectivity index (χ0v) is 13.2. The summed E-state index contributed by atoms with van der Waals surface area (Å²) in [7, 11) is 0. The maximum absolute atomic E-state index is 5.78. The molecule has 1 aromatic heterocycles. The van der Waals surface area contributed by atoms with Crippen LogP contribution in [0.15, 0.2) is 24.3 Å². The molecule has 0 N–H and O–H groups in total. The maximum Gasteiger partial charge on any atom is 0.180 e. The molecule has 0 saturated carbocycles. The van der Waals surface area contributed by atoms with Crippen LogP contribution in [0.5, 0.6) is 11.5 Å². The molecular formula is C17H22O2S. The highest BCUT2D eigenvalue weighted by Gasteiger charge is 2.21. The van der Waals surface area contributed by atoms with E-state index in [0.717, 1.165) is 27.7 Å². The van der Waals surface area contributed by atoms with Crippen LogP contribution < -0.4 is 9.47 Å². The second kappa shape index (κ2) is 7.34. The van der Waals surface area contributed by atoms with E-state index in [0.29, 0.717) is 19.1 Å². The van der Waals surface area contributed by atoms with E-state index in [2.05, 4.69) is 57.2 Å². The van der Waals surface area contributed by atoms with Gasteiger partial charge in [-0.05, 0) is 24.5 Å². The maximum atomic E-state index is 5.78. The molecule has 0 saturated heterocycles. The molecule has 0 bridgehead atoms. The number of rotatable bonds is 5. The van der Waals surface area contributed by atoms with Crippen molar-refractivity contribution in [3.63, 3.8) is 0 Å². The first-order chi connectivity index (χ1) is 9.72. The van der Waals surface area contributed by atoms with Gasteiger partial charge < -0.3 is 9.47 Å². The summed E-state index contributed by atoms with van der Waals surface area (Å²) in [5, 5.41) is 0. The van der Waals surface area contributed by atoms with Gasteiger partial charge >= 0.3 is 0 Å². The number of hydrogen-bond acceptors (Lipinski definition) is 3. The second-order valence-corrected chi connectivity index (χ2v) is 6.07. The van der Waals surface area contributed by atoms with Gasteiger partial charge in [0, 0.05) is 0 Å². The van der Waals surface area contributed by atoms with Gasteiger partial charge in [-0.15, -0.1) is 11.3 Å². The molecule has 0 unspecified atom stereocenters. The fraction of sp³-hybridized carbons (Fsp3) is 0.412. The number of allylic oxidation sites excluding steroid dienone is 4. The van der Waals surface area contributed by atoms with Crippen LogP contribution in [0.3, 0.4) is 0 Å². The van der Waals surface area contributed by atoms with E-state index in [4.69, 9.17) is 9.47 Å². The average Bonchev–Trinajstić information content (AvgIpc) is 2.80. The van der Waals surface area contributed by atoms with Gasteiger partial charge in [0.1, 0.15) is 13.2 Å². The molecule has 108 valence electrons. The minimum atomic E-state index is 0.531. The lowest BCUT2D eigenvalue weighted by Gasteiger charge is -2.16. The Morgan fingerprint density at radius 2 is 1.70 bits per heavy atom. The molecule has 0 aliphatic carbocycles. The minimum absolute atomic E-state index is 0.531. The quantitative estimate of drug-likeness (QED) is 0.697. The predicted molar refractivity (Wildman–Crippen MR) is 87.6 cm³/mol.